The lowest BCUT2D eigenvalue weighted by atomic mass is 9.87. The molecule has 1 aliphatic rings. The number of rotatable bonds is 5. The van der Waals surface area contributed by atoms with Crippen molar-refractivity contribution in [1.82, 2.24) is 4.72 Å². The molecule has 0 atom stereocenters. The minimum atomic E-state index is -3.73. The Morgan fingerprint density at radius 2 is 1.95 bits per heavy atom. The average molecular weight is 300 g/mol. The monoisotopic (exact) mass is 300 g/mol. The summed E-state index contributed by atoms with van der Waals surface area (Å²) in [5.41, 5.74) is 5.67. The van der Waals surface area contributed by atoms with Gasteiger partial charge in [-0.25, -0.2) is 17.5 Å². The van der Waals surface area contributed by atoms with E-state index in [2.05, 4.69) is 4.72 Å². The summed E-state index contributed by atoms with van der Waals surface area (Å²) in [5, 5.41) is 0. The van der Waals surface area contributed by atoms with E-state index in [9.17, 15) is 12.8 Å². The minimum absolute atomic E-state index is 0.0663. The average Bonchev–Trinajstić information content (AvgIpc) is 2.42. The number of hydrogen-bond acceptors (Lipinski definition) is 3. The molecular weight excluding hydrogens is 279 g/mol. The van der Waals surface area contributed by atoms with Gasteiger partial charge in [0.05, 0.1) is 5.69 Å². The predicted molar refractivity (Wildman–Crippen MR) is 77.2 cm³/mol. The second-order valence-corrected chi connectivity index (χ2v) is 7.11. The Balaban J connectivity index is 1.95. The molecule has 1 aliphatic carbocycles. The van der Waals surface area contributed by atoms with Crippen molar-refractivity contribution in [2.24, 2.45) is 5.92 Å². The Morgan fingerprint density at radius 3 is 2.65 bits per heavy atom. The largest absolute Gasteiger partial charge is 0.398 e. The first-order valence-electron chi connectivity index (χ1n) is 7.04. The van der Waals surface area contributed by atoms with Crippen LogP contribution in [0.3, 0.4) is 0 Å². The van der Waals surface area contributed by atoms with Crippen LogP contribution in [0.2, 0.25) is 0 Å². The topological polar surface area (TPSA) is 72.2 Å². The Bertz CT molecular complexity index is 554. The molecule has 20 heavy (non-hydrogen) atoms. The van der Waals surface area contributed by atoms with E-state index in [1.54, 1.807) is 0 Å². The number of nitrogen functional groups attached to an aromatic ring is 1. The molecule has 0 aromatic heterocycles. The quantitative estimate of drug-likeness (QED) is 0.821. The van der Waals surface area contributed by atoms with Crippen molar-refractivity contribution in [2.75, 3.05) is 12.3 Å². The molecule has 0 unspecified atom stereocenters. The first kappa shape index (κ1) is 15.3. The van der Waals surface area contributed by atoms with Gasteiger partial charge in [0.15, 0.2) is 0 Å². The van der Waals surface area contributed by atoms with Crippen molar-refractivity contribution in [3.05, 3.63) is 24.0 Å². The molecule has 1 aromatic carbocycles. The number of sulfonamides is 1. The molecule has 0 saturated heterocycles. The molecule has 4 nitrogen and oxygen atoms in total. The van der Waals surface area contributed by atoms with Crippen molar-refractivity contribution < 1.29 is 12.8 Å². The highest BCUT2D eigenvalue weighted by atomic mass is 32.2. The number of nitrogens with one attached hydrogen (secondary N) is 1. The molecule has 3 N–H and O–H groups in total. The van der Waals surface area contributed by atoms with Gasteiger partial charge in [0.25, 0.3) is 0 Å². The Kier molecular flexibility index (Phi) is 4.99. The van der Waals surface area contributed by atoms with E-state index in [1.807, 2.05) is 0 Å². The number of benzene rings is 1. The molecule has 0 radical (unpaired) electrons. The van der Waals surface area contributed by atoms with E-state index in [-0.39, 0.29) is 10.6 Å². The minimum Gasteiger partial charge on any atom is -0.398 e. The molecule has 0 aliphatic heterocycles. The van der Waals surface area contributed by atoms with Crippen LogP contribution in [-0.2, 0) is 10.0 Å². The molecule has 112 valence electrons. The maximum Gasteiger partial charge on any atom is 0.242 e. The fourth-order valence-electron chi connectivity index (χ4n) is 2.69. The van der Waals surface area contributed by atoms with E-state index < -0.39 is 15.8 Å². The highest BCUT2D eigenvalue weighted by Gasteiger charge is 2.19. The summed E-state index contributed by atoms with van der Waals surface area (Å²) < 4.78 is 39.8. The molecule has 6 heteroatoms. The summed E-state index contributed by atoms with van der Waals surface area (Å²) in [4.78, 5) is -0.179. The van der Waals surface area contributed by atoms with Gasteiger partial charge in [0.2, 0.25) is 10.0 Å². The van der Waals surface area contributed by atoms with Gasteiger partial charge in [-0.2, -0.15) is 0 Å². The lowest BCUT2D eigenvalue weighted by Gasteiger charge is -2.21. The molecule has 2 rings (SSSR count). The Hall–Kier alpha value is -1.14. The summed E-state index contributed by atoms with van der Waals surface area (Å²) in [5.74, 6) is -0.0110. The molecule has 0 spiro atoms. The van der Waals surface area contributed by atoms with Crippen molar-refractivity contribution in [3.63, 3.8) is 0 Å². The van der Waals surface area contributed by atoms with Crippen molar-refractivity contribution >= 4 is 15.7 Å². The van der Waals surface area contributed by atoms with Gasteiger partial charge < -0.3 is 5.73 Å². The smallest absolute Gasteiger partial charge is 0.242 e. The van der Waals surface area contributed by atoms with Gasteiger partial charge in [0, 0.05) is 6.54 Å². The van der Waals surface area contributed by atoms with Crippen LogP contribution in [-0.4, -0.2) is 15.0 Å². The van der Waals surface area contributed by atoms with Crippen LogP contribution < -0.4 is 10.5 Å². The van der Waals surface area contributed by atoms with Gasteiger partial charge in [-0.05, 0) is 30.5 Å². The summed E-state index contributed by atoms with van der Waals surface area (Å²) in [6.45, 7) is 0.378. The first-order valence-corrected chi connectivity index (χ1v) is 8.52. The zero-order valence-electron chi connectivity index (χ0n) is 11.4. The zero-order chi connectivity index (χ0) is 14.6. The van der Waals surface area contributed by atoms with Crippen LogP contribution in [0.4, 0.5) is 10.1 Å². The fraction of sp³-hybridized carbons (Fsp3) is 0.571. The maximum absolute atomic E-state index is 13.1. The highest BCUT2D eigenvalue weighted by Crippen LogP contribution is 2.26. The predicted octanol–water partition coefficient (Wildman–Crippen LogP) is 2.66. The highest BCUT2D eigenvalue weighted by molar-refractivity contribution is 7.89. The van der Waals surface area contributed by atoms with Crippen molar-refractivity contribution in [3.8, 4) is 0 Å². The van der Waals surface area contributed by atoms with E-state index in [0.717, 1.165) is 18.6 Å². The molecule has 1 fully saturated rings. The van der Waals surface area contributed by atoms with Crippen LogP contribution in [0.5, 0.6) is 0 Å². The van der Waals surface area contributed by atoms with Crippen LogP contribution in [0.25, 0.3) is 0 Å². The van der Waals surface area contributed by atoms with Gasteiger partial charge in [-0.3, -0.25) is 0 Å². The number of hydrogen-bond donors (Lipinski definition) is 2. The lowest BCUT2D eigenvalue weighted by molar-refractivity contribution is 0.339. The summed E-state index contributed by atoms with van der Waals surface area (Å²) in [6, 6.07) is 3.37. The second-order valence-electron chi connectivity index (χ2n) is 5.37. The Morgan fingerprint density at radius 1 is 1.25 bits per heavy atom. The second kappa shape index (κ2) is 6.54. The first-order chi connectivity index (χ1) is 9.49. The number of nitrogens with two attached hydrogens (primary N) is 1. The summed E-state index contributed by atoms with van der Waals surface area (Å²) in [7, 11) is -3.73. The molecule has 0 bridgehead atoms. The van der Waals surface area contributed by atoms with E-state index >= 15 is 0 Å². The van der Waals surface area contributed by atoms with E-state index in [1.165, 1.54) is 38.2 Å². The molecular formula is C14H21FN2O2S. The van der Waals surface area contributed by atoms with Gasteiger partial charge in [0.1, 0.15) is 10.7 Å². The molecule has 1 saturated carbocycles. The van der Waals surface area contributed by atoms with Crippen LogP contribution >= 0.6 is 0 Å². The van der Waals surface area contributed by atoms with Gasteiger partial charge in [-0.1, -0.05) is 32.1 Å². The molecule has 0 heterocycles. The summed E-state index contributed by atoms with van der Waals surface area (Å²) >= 11 is 0. The number of anilines is 1. The standard InChI is InChI=1S/C14H21FN2O2S/c15-12-6-7-13(16)14(10-12)20(18,19)17-9-8-11-4-2-1-3-5-11/h6-7,10-11,17H,1-5,8-9,16H2. The van der Waals surface area contributed by atoms with E-state index in [4.69, 9.17) is 5.73 Å². The third kappa shape index (κ3) is 3.93. The zero-order valence-corrected chi connectivity index (χ0v) is 12.3. The van der Waals surface area contributed by atoms with Crippen LogP contribution in [0, 0.1) is 11.7 Å². The Labute approximate surface area is 119 Å². The molecule has 1 aromatic rings. The number of halogens is 1. The van der Waals surface area contributed by atoms with E-state index in [0.29, 0.717) is 12.5 Å². The van der Waals surface area contributed by atoms with Gasteiger partial charge in [-0.15, -0.1) is 0 Å². The van der Waals surface area contributed by atoms with Crippen LogP contribution in [0.15, 0.2) is 23.1 Å². The van der Waals surface area contributed by atoms with Crippen LogP contribution in [0.1, 0.15) is 38.5 Å². The summed E-state index contributed by atoms with van der Waals surface area (Å²) in [6.07, 6.45) is 6.91. The third-order valence-corrected chi connectivity index (χ3v) is 5.35. The maximum atomic E-state index is 13.1. The normalized spacial score (nSPS) is 17.2. The SMILES string of the molecule is Nc1ccc(F)cc1S(=O)(=O)NCCC1CCCCC1. The fourth-order valence-corrected chi connectivity index (χ4v) is 3.88. The third-order valence-electron chi connectivity index (χ3n) is 3.83. The molecule has 0 amide bonds. The van der Waals surface area contributed by atoms with Crippen molar-refractivity contribution in [1.29, 1.82) is 0 Å². The lowest BCUT2D eigenvalue weighted by Crippen LogP contribution is -2.27. The van der Waals surface area contributed by atoms with Crippen molar-refractivity contribution in [2.45, 2.75) is 43.4 Å². The van der Waals surface area contributed by atoms with Gasteiger partial charge >= 0.3 is 0 Å².